The Kier molecular flexibility index (Phi) is 12.7. The molecule has 0 spiro atoms. The highest BCUT2D eigenvalue weighted by Crippen LogP contribution is 2.10. The van der Waals surface area contributed by atoms with Crippen LogP contribution in [0.2, 0.25) is 0 Å². The van der Waals surface area contributed by atoms with Gasteiger partial charge in [-0.15, -0.1) is 13.2 Å². The normalized spacial score (nSPS) is 14.4. The molecule has 0 aromatic carbocycles. The van der Waals surface area contributed by atoms with Crippen molar-refractivity contribution in [2.45, 2.75) is 39.5 Å². The van der Waals surface area contributed by atoms with Crippen molar-refractivity contribution in [1.82, 2.24) is 0 Å². The van der Waals surface area contributed by atoms with Crippen LogP contribution < -0.4 is 10.3 Å². The molecule has 0 unspecified atom stereocenters. The fraction of sp³-hybridized carbons (Fsp3) is 0.714. The summed E-state index contributed by atoms with van der Waals surface area (Å²) in [6.45, 7) is 11.0. The largest absolute Gasteiger partial charge is 0.229 e. The van der Waals surface area contributed by atoms with Crippen molar-refractivity contribution in [3.8, 4) is 0 Å². The summed E-state index contributed by atoms with van der Waals surface area (Å²) in [4.78, 5) is 0. The van der Waals surface area contributed by atoms with Crippen LogP contribution in [0.1, 0.15) is 39.5 Å². The van der Waals surface area contributed by atoms with Crippen LogP contribution >= 0.6 is 0 Å². The molecule has 0 fully saturated rings. The molecule has 0 bridgehead atoms. The minimum atomic E-state index is -3.31. The minimum Gasteiger partial charge on any atom is -0.229 e. The monoisotopic (exact) mass is 354 g/mol. The van der Waals surface area contributed by atoms with Crippen molar-refractivity contribution in [3.63, 3.8) is 0 Å². The zero-order chi connectivity index (χ0) is 17.8. The number of primary sulfonamides is 2. The van der Waals surface area contributed by atoms with Crippen molar-refractivity contribution in [2.24, 2.45) is 22.1 Å². The minimum absolute atomic E-state index is 0.0650. The molecule has 0 heterocycles. The van der Waals surface area contributed by atoms with Crippen molar-refractivity contribution in [1.29, 1.82) is 0 Å². The highest BCUT2D eigenvalue weighted by atomic mass is 32.2. The first-order chi connectivity index (χ1) is 9.99. The van der Waals surface area contributed by atoms with E-state index in [0.717, 1.165) is 12.8 Å². The van der Waals surface area contributed by atoms with Crippen molar-refractivity contribution in [2.75, 3.05) is 11.5 Å². The molecular formula is C14H30N2O4S2. The Morgan fingerprint density at radius 2 is 1.09 bits per heavy atom. The van der Waals surface area contributed by atoms with Gasteiger partial charge in [-0.25, -0.2) is 27.1 Å². The molecule has 4 N–H and O–H groups in total. The summed E-state index contributed by atoms with van der Waals surface area (Å²) in [6, 6.07) is 0. The molecule has 0 aliphatic heterocycles. The average Bonchev–Trinajstić information content (AvgIpc) is 2.35. The van der Waals surface area contributed by atoms with E-state index in [1.54, 1.807) is 12.2 Å². The highest BCUT2D eigenvalue weighted by Gasteiger charge is 2.12. The molecular weight excluding hydrogens is 324 g/mol. The van der Waals surface area contributed by atoms with Gasteiger partial charge in [0.2, 0.25) is 20.0 Å². The maximum Gasteiger partial charge on any atom is 0.209 e. The third-order valence-electron chi connectivity index (χ3n) is 3.09. The van der Waals surface area contributed by atoms with Gasteiger partial charge in [-0.3, -0.25) is 0 Å². The predicted molar refractivity (Wildman–Crippen MR) is 93.1 cm³/mol. The molecule has 0 aromatic rings. The Labute approximate surface area is 135 Å². The lowest BCUT2D eigenvalue weighted by atomic mass is 10.1. The quantitative estimate of drug-likeness (QED) is 0.581. The maximum atomic E-state index is 10.6. The second-order valence-electron chi connectivity index (χ2n) is 5.26. The van der Waals surface area contributed by atoms with E-state index < -0.39 is 20.0 Å². The first kappa shape index (κ1) is 23.6. The van der Waals surface area contributed by atoms with E-state index in [0.29, 0.717) is 12.8 Å². The second kappa shape index (κ2) is 11.8. The van der Waals surface area contributed by atoms with Gasteiger partial charge in [-0.1, -0.05) is 38.8 Å². The molecule has 0 aliphatic carbocycles. The summed E-state index contributed by atoms with van der Waals surface area (Å²) in [5.74, 6) is 0.385. The first-order valence-electron chi connectivity index (χ1n) is 7.21. The highest BCUT2D eigenvalue weighted by molar-refractivity contribution is 7.89. The number of rotatable bonds is 10. The Balaban J connectivity index is 0. The van der Waals surface area contributed by atoms with Gasteiger partial charge in [0.05, 0.1) is 11.5 Å². The molecule has 0 aromatic heterocycles. The van der Waals surface area contributed by atoms with Crippen LogP contribution in [0, 0.1) is 11.8 Å². The SMILES string of the molecule is C=CC[C@@H](CC)CS(N)(=O)=O.C=CC[C@H](CC)CS(N)(=O)=O. The zero-order valence-electron chi connectivity index (χ0n) is 13.6. The van der Waals surface area contributed by atoms with Crippen molar-refractivity contribution < 1.29 is 16.8 Å². The Morgan fingerprint density at radius 1 is 0.818 bits per heavy atom. The Bertz CT molecular complexity index is 465. The van der Waals surface area contributed by atoms with Crippen LogP contribution in [-0.2, 0) is 20.0 Å². The second-order valence-corrected chi connectivity index (χ2v) is 8.57. The molecule has 0 aliphatic rings. The fourth-order valence-corrected chi connectivity index (χ4v) is 3.89. The van der Waals surface area contributed by atoms with Gasteiger partial charge in [0.15, 0.2) is 0 Å². The van der Waals surface area contributed by atoms with Crippen LogP contribution in [0.5, 0.6) is 0 Å². The molecule has 6 nitrogen and oxygen atoms in total. The lowest BCUT2D eigenvalue weighted by Crippen LogP contribution is -2.22. The summed E-state index contributed by atoms with van der Waals surface area (Å²) in [5.41, 5.74) is 0. The third kappa shape index (κ3) is 17.4. The average molecular weight is 355 g/mol. The molecule has 132 valence electrons. The van der Waals surface area contributed by atoms with E-state index in [1.807, 2.05) is 13.8 Å². The van der Waals surface area contributed by atoms with Crippen LogP contribution in [-0.4, -0.2) is 28.3 Å². The number of hydrogen-bond donors (Lipinski definition) is 2. The van der Waals surface area contributed by atoms with E-state index in [9.17, 15) is 16.8 Å². The number of allylic oxidation sites excluding steroid dienone is 2. The fourth-order valence-electron chi connectivity index (χ4n) is 1.83. The van der Waals surface area contributed by atoms with E-state index >= 15 is 0 Å². The van der Waals surface area contributed by atoms with Crippen LogP contribution in [0.4, 0.5) is 0 Å². The summed E-state index contributed by atoms with van der Waals surface area (Å²) in [7, 11) is -6.61. The van der Waals surface area contributed by atoms with E-state index in [-0.39, 0.29) is 23.3 Å². The smallest absolute Gasteiger partial charge is 0.209 e. The molecule has 0 rings (SSSR count). The predicted octanol–water partition coefficient (Wildman–Crippen LogP) is 1.75. The van der Waals surface area contributed by atoms with Crippen LogP contribution in [0.3, 0.4) is 0 Å². The number of sulfonamides is 2. The Morgan fingerprint density at radius 3 is 1.23 bits per heavy atom. The number of nitrogens with two attached hydrogens (primary N) is 2. The summed E-state index contributed by atoms with van der Waals surface area (Å²) in [6.07, 6.45) is 6.52. The van der Waals surface area contributed by atoms with Gasteiger partial charge < -0.3 is 0 Å². The lowest BCUT2D eigenvalue weighted by molar-refractivity contribution is 0.541. The molecule has 0 radical (unpaired) electrons. The molecule has 0 saturated carbocycles. The standard InChI is InChI=1S/2C7H15NO2S/c2*1-3-5-7(4-2)6-11(8,9)10/h2*3,7H,1,4-6H2,2H3,(H2,8,9,10)/t2*7-/m10/s1. The van der Waals surface area contributed by atoms with E-state index in [1.165, 1.54) is 0 Å². The summed E-state index contributed by atoms with van der Waals surface area (Å²) < 4.78 is 42.5. The van der Waals surface area contributed by atoms with E-state index in [2.05, 4.69) is 13.2 Å². The van der Waals surface area contributed by atoms with Gasteiger partial charge in [-0.2, -0.15) is 0 Å². The molecule has 22 heavy (non-hydrogen) atoms. The van der Waals surface area contributed by atoms with Gasteiger partial charge >= 0.3 is 0 Å². The summed E-state index contributed by atoms with van der Waals surface area (Å²) in [5, 5.41) is 9.76. The molecule has 0 amide bonds. The van der Waals surface area contributed by atoms with Crippen LogP contribution in [0.15, 0.2) is 25.3 Å². The van der Waals surface area contributed by atoms with Gasteiger partial charge in [0.25, 0.3) is 0 Å². The van der Waals surface area contributed by atoms with Crippen molar-refractivity contribution >= 4 is 20.0 Å². The van der Waals surface area contributed by atoms with Gasteiger partial charge in [0.1, 0.15) is 0 Å². The summed E-state index contributed by atoms with van der Waals surface area (Å²) >= 11 is 0. The van der Waals surface area contributed by atoms with Gasteiger partial charge in [0, 0.05) is 0 Å². The van der Waals surface area contributed by atoms with Gasteiger partial charge in [-0.05, 0) is 24.7 Å². The maximum absolute atomic E-state index is 10.6. The molecule has 0 saturated heterocycles. The van der Waals surface area contributed by atoms with Crippen LogP contribution in [0.25, 0.3) is 0 Å². The molecule has 2 atom stereocenters. The molecule has 8 heteroatoms. The van der Waals surface area contributed by atoms with Crippen molar-refractivity contribution in [3.05, 3.63) is 25.3 Å². The lowest BCUT2D eigenvalue weighted by Gasteiger charge is -2.09. The third-order valence-corrected chi connectivity index (χ3v) is 4.96. The topological polar surface area (TPSA) is 120 Å². The number of hydrogen-bond acceptors (Lipinski definition) is 4. The Hall–Kier alpha value is -0.700. The van der Waals surface area contributed by atoms with E-state index in [4.69, 9.17) is 10.3 Å². The zero-order valence-corrected chi connectivity index (χ0v) is 15.2. The first-order valence-corrected chi connectivity index (χ1v) is 10.6.